The third kappa shape index (κ3) is 78.8. The molecule has 26 heavy (non-hydrogen) atoms. The van der Waals surface area contributed by atoms with E-state index in [1.54, 1.807) is 0 Å². The molecule has 0 unspecified atom stereocenters. The van der Waals surface area contributed by atoms with Crippen LogP contribution in [-0.2, 0) is 0 Å². The van der Waals surface area contributed by atoms with E-state index in [-0.39, 0.29) is 0 Å². The number of hydrogen-bond donors (Lipinski definition) is 6. The molecule has 0 atom stereocenters. The number of carboxylic acid groups (broad SMARTS) is 4. The standard InChI is InChI=1S/C16H34.2CH2O3.H2O2/c1-3-5-7-9-11-13-15-16-14-12-10-8-6-4-2;2*2-1(3)4;1-2/h3-16H2,1-2H3;2*(H2,2,3,4);1-2H. The Bertz CT molecular complexity index is 226. The predicted molar refractivity (Wildman–Crippen MR) is 103 cm³/mol. The molecule has 0 aromatic heterocycles. The van der Waals surface area contributed by atoms with E-state index in [1.165, 1.54) is 89.9 Å². The first kappa shape index (κ1) is 32.2. The Morgan fingerprint density at radius 1 is 0.462 bits per heavy atom. The van der Waals surface area contributed by atoms with E-state index >= 15 is 0 Å². The molecule has 0 aliphatic heterocycles. The van der Waals surface area contributed by atoms with Crippen LogP contribution in [0.4, 0.5) is 9.59 Å². The van der Waals surface area contributed by atoms with Gasteiger partial charge in [0.1, 0.15) is 0 Å². The molecule has 8 heteroatoms. The van der Waals surface area contributed by atoms with Gasteiger partial charge in [0.15, 0.2) is 0 Å². The summed E-state index contributed by atoms with van der Waals surface area (Å²) in [6.45, 7) is 4.58. The normalized spacial score (nSPS) is 8.77. The first-order chi connectivity index (χ1) is 12.4. The molecule has 6 N–H and O–H groups in total. The van der Waals surface area contributed by atoms with E-state index in [1.807, 2.05) is 0 Å². The molecule has 0 aliphatic carbocycles. The van der Waals surface area contributed by atoms with Gasteiger partial charge in [-0.15, -0.1) is 0 Å². The SMILES string of the molecule is CCCCCCCCCCCCCCCC.O=C(O)O.O=C(O)O.OO. The number of rotatable bonds is 13. The lowest BCUT2D eigenvalue weighted by Gasteiger charge is -2.02. The summed E-state index contributed by atoms with van der Waals surface area (Å²) in [5.74, 6) is 0. The largest absolute Gasteiger partial charge is 0.503 e. The topological polar surface area (TPSA) is 156 Å². The minimum absolute atomic E-state index is 1.37. The van der Waals surface area contributed by atoms with E-state index in [4.69, 9.17) is 40.5 Å². The van der Waals surface area contributed by atoms with Crippen molar-refractivity contribution in [3.63, 3.8) is 0 Å². The van der Waals surface area contributed by atoms with Crippen molar-refractivity contribution in [3.05, 3.63) is 0 Å². The Balaban J connectivity index is -0.000000200. The second-order valence-electron chi connectivity index (χ2n) is 5.81. The zero-order valence-corrected chi connectivity index (χ0v) is 16.4. The van der Waals surface area contributed by atoms with Gasteiger partial charge in [-0.2, -0.15) is 0 Å². The van der Waals surface area contributed by atoms with E-state index in [2.05, 4.69) is 13.8 Å². The van der Waals surface area contributed by atoms with Crippen LogP contribution in [0.3, 0.4) is 0 Å². The Hall–Kier alpha value is -1.54. The monoisotopic (exact) mass is 384 g/mol. The molecule has 160 valence electrons. The van der Waals surface area contributed by atoms with E-state index in [0.29, 0.717) is 0 Å². The van der Waals surface area contributed by atoms with Crippen LogP contribution in [-0.4, -0.2) is 43.3 Å². The number of hydrogen-bond acceptors (Lipinski definition) is 4. The maximum atomic E-state index is 8.56. The summed E-state index contributed by atoms with van der Waals surface area (Å²) in [4.78, 5) is 17.1. The summed E-state index contributed by atoms with van der Waals surface area (Å²) in [5, 5.41) is 39.9. The molecule has 0 aliphatic rings. The quantitative estimate of drug-likeness (QED) is 0.113. The summed E-state index contributed by atoms with van der Waals surface area (Å²) >= 11 is 0. The fourth-order valence-corrected chi connectivity index (χ4v) is 2.27. The third-order valence-corrected chi connectivity index (χ3v) is 3.46. The molecule has 0 spiro atoms. The van der Waals surface area contributed by atoms with Crippen LogP contribution < -0.4 is 0 Å². The van der Waals surface area contributed by atoms with Crippen LogP contribution in [0.1, 0.15) is 104 Å². The highest BCUT2D eigenvalue weighted by Crippen LogP contribution is 2.12. The Kier molecular flexibility index (Phi) is 43.0. The van der Waals surface area contributed by atoms with E-state index < -0.39 is 12.3 Å². The van der Waals surface area contributed by atoms with Gasteiger partial charge < -0.3 is 20.4 Å². The summed E-state index contributed by atoms with van der Waals surface area (Å²) in [6.07, 6.45) is 16.8. The lowest BCUT2D eigenvalue weighted by Crippen LogP contribution is -1.82. The van der Waals surface area contributed by atoms with Crippen molar-refractivity contribution in [1.82, 2.24) is 0 Å². The minimum Gasteiger partial charge on any atom is -0.450 e. The van der Waals surface area contributed by atoms with E-state index in [9.17, 15) is 0 Å². The Labute approximate surface area is 157 Å². The van der Waals surface area contributed by atoms with E-state index in [0.717, 1.165) is 0 Å². The molecule has 0 saturated carbocycles. The first-order valence-corrected chi connectivity index (χ1v) is 9.42. The van der Waals surface area contributed by atoms with Crippen molar-refractivity contribution < 1.29 is 40.5 Å². The molecule has 0 saturated heterocycles. The summed E-state index contributed by atoms with van der Waals surface area (Å²) < 4.78 is 0. The van der Waals surface area contributed by atoms with Crippen molar-refractivity contribution >= 4 is 12.3 Å². The number of carbonyl (C=O) groups is 2. The maximum absolute atomic E-state index is 8.56. The third-order valence-electron chi connectivity index (χ3n) is 3.46. The van der Waals surface area contributed by atoms with Crippen LogP contribution >= 0.6 is 0 Å². The molecule has 0 rings (SSSR count). The molecule has 0 aromatic carbocycles. The molecule has 0 fully saturated rings. The smallest absolute Gasteiger partial charge is 0.450 e. The second-order valence-corrected chi connectivity index (χ2v) is 5.81. The summed E-state index contributed by atoms with van der Waals surface area (Å²) in [5.41, 5.74) is 0. The lowest BCUT2D eigenvalue weighted by molar-refractivity contribution is -0.176. The number of unbranched alkanes of at least 4 members (excludes halogenated alkanes) is 13. The summed E-state index contributed by atoms with van der Waals surface area (Å²) in [7, 11) is 0. The van der Waals surface area contributed by atoms with Gasteiger partial charge >= 0.3 is 12.3 Å². The Morgan fingerprint density at radius 3 is 0.692 bits per heavy atom. The van der Waals surface area contributed by atoms with Crippen molar-refractivity contribution in [2.45, 2.75) is 104 Å². The molecule has 0 bridgehead atoms. The molecule has 0 radical (unpaired) electrons. The molecular formula is C18H40O8. The van der Waals surface area contributed by atoms with Crippen LogP contribution in [0.25, 0.3) is 0 Å². The van der Waals surface area contributed by atoms with Crippen molar-refractivity contribution in [3.8, 4) is 0 Å². The van der Waals surface area contributed by atoms with Gasteiger partial charge in [0.2, 0.25) is 0 Å². The molecule has 8 nitrogen and oxygen atoms in total. The highest BCUT2D eigenvalue weighted by Gasteiger charge is 1.92. The van der Waals surface area contributed by atoms with Gasteiger partial charge in [-0.1, -0.05) is 104 Å². The maximum Gasteiger partial charge on any atom is 0.503 e. The molecular weight excluding hydrogens is 344 g/mol. The zero-order valence-electron chi connectivity index (χ0n) is 16.4. The van der Waals surface area contributed by atoms with Gasteiger partial charge in [0.25, 0.3) is 0 Å². The molecule has 0 amide bonds. The highest BCUT2D eigenvalue weighted by molar-refractivity contribution is 5.53. The minimum atomic E-state index is -1.83. The van der Waals surface area contributed by atoms with Crippen LogP contribution in [0.5, 0.6) is 0 Å². The van der Waals surface area contributed by atoms with Gasteiger partial charge in [0.05, 0.1) is 0 Å². The first-order valence-electron chi connectivity index (χ1n) is 9.42. The van der Waals surface area contributed by atoms with Crippen LogP contribution in [0.15, 0.2) is 0 Å². The summed E-state index contributed by atoms with van der Waals surface area (Å²) in [6, 6.07) is 0. The van der Waals surface area contributed by atoms with Gasteiger partial charge in [0, 0.05) is 0 Å². The average molecular weight is 385 g/mol. The fourth-order valence-electron chi connectivity index (χ4n) is 2.27. The lowest BCUT2D eigenvalue weighted by atomic mass is 10.0. The van der Waals surface area contributed by atoms with Crippen molar-refractivity contribution in [2.75, 3.05) is 0 Å². The average Bonchev–Trinajstić information content (AvgIpc) is 2.57. The predicted octanol–water partition coefficient (Wildman–Crippen LogP) is 6.95. The van der Waals surface area contributed by atoms with Gasteiger partial charge in [-0.25, -0.2) is 9.59 Å². The molecule has 0 heterocycles. The molecule has 0 aromatic rings. The Morgan fingerprint density at radius 2 is 0.577 bits per heavy atom. The van der Waals surface area contributed by atoms with Crippen molar-refractivity contribution in [2.24, 2.45) is 0 Å². The van der Waals surface area contributed by atoms with Gasteiger partial charge in [-0.05, 0) is 0 Å². The van der Waals surface area contributed by atoms with Crippen molar-refractivity contribution in [1.29, 1.82) is 0 Å². The second kappa shape index (κ2) is 34.7. The zero-order chi connectivity index (χ0) is 21.1. The highest BCUT2D eigenvalue weighted by atomic mass is 17.0. The van der Waals surface area contributed by atoms with Gasteiger partial charge in [-0.3, -0.25) is 10.5 Å². The van der Waals surface area contributed by atoms with Crippen LogP contribution in [0.2, 0.25) is 0 Å². The van der Waals surface area contributed by atoms with Crippen LogP contribution in [0, 0.1) is 0 Å². The fraction of sp³-hybridized carbons (Fsp3) is 0.889.